The van der Waals surface area contributed by atoms with Crippen molar-refractivity contribution in [2.75, 3.05) is 31.1 Å². The minimum atomic E-state index is -2.61. The molecule has 208 valence electrons. The van der Waals surface area contributed by atoms with Gasteiger partial charge >= 0.3 is 0 Å². The summed E-state index contributed by atoms with van der Waals surface area (Å²) in [6.45, 7) is 5.79. The van der Waals surface area contributed by atoms with E-state index in [2.05, 4.69) is 37.5 Å². The van der Waals surface area contributed by atoms with Crippen molar-refractivity contribution < 1.29 is 23.1 Å². The first-order valence-corrected chi connectivity index (χ1v) is 13.3. The molecular weight excluding hydrogens is 518 g/mol. The number of benzene rings is 1. The van der Waals surface area contributed by atoms with Crippen molar-refractivity contribution in [1.82, 2.24) is 25.4 Å². The lowest BCUT2D eigenvalue weighted by molar-refractivity contribution is -0.142. The van der Waals surface area contributed by atoms with Crippen LogP contribution in [0.1, 0.15) is 48.7 Å². The zero-order valence-corrected chi connectivity index (χ0v) is 22.1. The maximum absolute atomic E-state index is 13.1. The highest BCUT2D eigenvalue weighted by Gasteiger charge is 2.53. The fraction of sp³-hybridized carbons (Fsp3) is 0.414. The first-order chi connectivity index (χ1) is 19.3. The summed E-state index contributed by atoms with van der Waals surface area (Å²) in [5.74, 6) is 0.350. The molecule has 40 heavy (non-hydrogen) atoms. The molecule has 0 atom stereocenters. The predicted octanol–water partition coefficient (Wildman–Crippen LogP) is 3.40. The molecule has 3 aliphatic rings. The molecule has 3 fully saturated rings. The van der Waals surface area contributed by atoms with E-state index in [0.29, 0.717) is 30.6 Å². The highest BCUT2D eigenvalue weighted by molar-refractivity contribution is 5.90. The van der Waals surface area contributed by atoms with Gasteiger partial charge in [-0.3, -0.25) is 14.6 Å². The van der Waals surface area contributed by atoms with E-state index in [0.717, 1.165) is 37.4 Å². The summed E-state index contributed by atoms with van der Waals surface area (Å²) in [5.41, 5.74) is 2.70. The maximum atomic E-state index is 13.1. The van der Waals surface area contributed by atoms with Crippen LogP contribution in [0.3, 0.4) is 0 Å². The molecule has 0 unspecified atom stereocenters. The number of halogens is 2. The minimum absolute atomic E-state index is 0.0746. The van der Waals surface area contributed by atoms with Crippen molar-refractivity contribution in [3.05, 3.63) is 77.2 Å². The average Bonchev–Trinajstić information content (AvgIpc) is 3.72. The minimum Gasteiger partial charge on any atom is -0.472 e. The highest BCUT2D eigenvalue weighted by Crippen LogP contribution is 2.47. The van der Waals surface area contributed by atoms with Crippen LogP contribution < -0.4 is 15.0 Å². The van der Waals surface area contributed by atoms with Crippen LogP contribution in [-0.4, -0.2) is 58.1 Å². The molecule has 2 saturated heterocycles. The largest absolute Gasteiger partial charge is 0.472 e. The molecule has 9 nitrogen and oxygen atoms in total. The van der Waals surface area contributed by atoms with Gasteiger partial charge in [0.2, 0.25) is 17.7 Å². The number of anilines is 1. The Morgan fingerprint density at radius 3 is 2.27 bits per heavy atom. The number of aromatic nitrogens is 3. The van der Waals surface area contributed by atoms with Crippen LogP contribution in [0.5, 0.6) is 5.88 Å². The SMILES string of the molecule is CC(=O)N1CC2(C1)CN(c1ccc(CNC(=O)C3(c4ccc(OCc5ccc(C(F)F)nc5)nn4)CC3)cc1)C2. The number of amides is 2. The highest BCUT2D eigenvalue weighted by atomic mass is 19.3. The first kappa shape index (κ1) is 26.1. The van der Waals surface area contributed by atoms with Crippen LogP contribution in [0.15, 0.2) is 54.7 Å². The normalized spacial score (nSPS) is 18.2. The van der Waals surface area contributed by atoms with Crippen LogP contribution in [0.25, 0.3) is 0 Å². The van der Waals surface area contributed by atoms with Gasteiger partial charge in [0.15, 0.2) is 0 Å². The second-order valence-electron chi connectivity index (χ2n) is 11.1. The number of nitrogens with one attached hydrogen (secondary N) is 1. The molecule has 1 N–H and O–H groups in total. The van der Waals surface area contributed by atoms with Gasteiger partial charge in [0, 0.05) is 68.6 Å². The number of carbonyl (C=O) groups excluding carboxylic acids is 2. The number of pyridine rings is 1. The Bertz CT molecular complexity index is 1380. The monoisotopic (exact) mass is 548 g/mol. The van der Waals surface area contributed by atoms with Crippen molar-refractivity contribution in [1.29, 1.82) is 0 Å². The molecule has 2 aliphatic heterocycles. The third-order valence-corrected chi connectivity index (χ3v) is 8.08. The van der Waals surface area contributed by atoms with E-state index in [1.54, 1.807) is 19.1 Å². The number of hydrogen-bond donors (Lipinski definition) is 1. The summed E-state index contributed by atoms with van der Waals surface area (Å²) in [7, 11) is 0. The number of alkyl halides is 2. The molecule has 3 aromatic rings. The summed E-state index contributed by atoms with van der Waals surface area (Å²) in [5, 5.41) is 11.4. The van der Waals surface area contributed by atoms with Gasteiger partial charge in [-0.2, -0.15) is 5.10 Å². The number of nitrogens with zero attached hydrogens (tertiary/aromatic N) is 5. The van der Waals surface area contributed by atoms with Gasteiger partial charge in [0.05, 0.1) is 11.1 Å². The van der Waals surface area contributed by atoms with Crippen molar-refractivity contribution >= 4 is 17.5 Å². The van der Waals surface area contributed by atoms with Gasteiger partial charge < -0.3 is 19.9 Å². The third kappa shape index (κ3) is 5.07. The summed E-state index contributed by atoms with van der Waals surface area (Å²) < 4.78 is 30.9. The lowest BCUT2D eigenvalue weighted by Gasteiger charge is -2.60. The number of carbonyl (C=O) groups is 2. The Hall–Kier alpha value is -4.15. The summed E-state index contributed by atoms with van der Waals surface area (Å²) in [6.07, 6.45) is 0.137. The van der Waals surface area contributed by atoms with Gasteiger partial charge in [0.1, 0.15) is 12.3 Å². The van der Waals surface area contributed by atoms with Gasteiger partial charge in [-0.05, 0) is 42.7 Å². The molecule has 2 aromatic heterocycles. The fourth-order valence-electron chi connectivity index (χ4n) is 5.49. The van der Waals surface area contributed by atoms with E-state index in [-0.39, 0.29) is 35.4 Å². The third-order valence-electron chi connectivity index (χ3n) is 8.08. The molecule has 1 spiro atoms. The number of ether oxygens (including phenoxy) is 1. The van der Waals surface area contributed by atoms with Gasteiger partial charge in [-0.25, -0.2) is 8.78 Å². The van der Waals surface area contributed by atoms with Crippen molar-refractivity contribution in [2.45, 2.75) is 44.8 Å². The summed E-state index contributed by atoms with van der Waals surface area (Å²) in [6, 6.07) is 14.4. The Labute approximate surface area is 230 Å². The van der Waals surface area contributed by atoms with Crippen LogP contribution in [0, 0.1) is 5.41 Å². The Morgan fingerprint density at radius 1 is 0.975 bits per heavy atom. The van der Waals surface area contributed by atoms with E-state index in [4.69, 9.17) is 4.74 Å². The zero-order chi connectivity index (χ0) is 27.9. The van der Waals surface area contributed by atoms with Gasteiger partial charge in [-0.15, -0.1) is 5.10 Å². The molecule has 6 rings (SSSR count). The summed E-state index contributed by atoms with van der Waals surface area (Å²) >= 11 is 0. The number of rotatable bonds is 9. The predicted molar refractivity (Wildman–Crippen MR) is 142 cm³/mol. The van der Waals surface area contributed by atoms with Crippen molar-refractivity contribution in [2.24, 2.45) is 5.41 Å². The molecule has 1 saturated carbocycles. The Balaban J connectivity index is 0.976. The number of hydrogen-bond acceptors (Lipinski definition) is 7. The lowest BCUT2D eigenvalue weighted by atomic mass is 9.72. The van der Waals surface area contributed by atoms with Gasteiger partial charge in [0.25, 0.3) is 6.43 Å². The van der Waals surface area contributed by atoms with E-state index in [1.165, 1.54) is 18.3 Å². The first-order valence-electron chi connectivity index (χ1n) is 13.3. The van der Waals surface area contributed by atoms with Crippen molar-refractivity contribution in [3.63, 3.8) is 0 Å². The van der Waals surface area contributed by atoms with E-state index in [9.17, 15) is 18.4 Å². The number of likely N-dealkylation sites (tertiary alicyclic amines) is 1. The van der Waals surface area contributed by atoms with Gasteiger partial charge in [-0.1, -0.05) is 18.2 Å². The standard InChI is InChI=1S/C29H30F2N6O3/c1-19(38)36-15-28(16-36)17-37(18-28)22-5-2-20(3-6-22)12-33-27(39)29(10-11-29)24-8-9-25(35-34-24)40-14-21-4-7-23(26(30)31)32-13-21/h2-9,13,26H,10-12,14-18H2,1H3,(H,33,39). The van der Waals surface area contributed by atoms with Crippen LogP contribution in [0.2, 0.25) is 0 Å². The molecular formula is C29H30F2N6O3. The van der Waals surface area contributed by atoms with E-state index >= 15 is 0 Å². The second kappa shape index (κ2) is 10.1. The zero-order valence-electron chi connectivity index (χ0n) is 22.1. The topological polar surface area (TPSA) is 101 Å². The smallest absolute Gasteiger partial charge is 0.280 e. The molecule has 4 heterocycles. The molecule has 0 bridgehead atoms. The lowest BCUT2D eigenvalue weighted by Crippen LogP contribution is -2.72. The fourth-order valence-corrected chi connectivity index (χ4v) is 5.49. The second-order valence-corrected chi connectivity index (χ2v) is 11.1. The molecule has 11 heteroatoms. The molecule has 2 amide bonds. The van der Waals surface area contributed by atoms with E-state index < -0.39 is 11.8 Å². The Kier molecular flexibility index (Phi) is 6.59. The Morgan fingerprint density at radius 2 is 1.70 bits per heavy atom. The molecule has 1 aromatic carbocycles. The van der Waals surface area contributed by atoms with Crippen LogP contribution >= 0.6 is 0 Å². The summed E-state index contributed by atoms with van der Waals surface area (Å²) in [4.78, 5) is 32.5. The van der Waals surface area contributed by atoms with Crippen LogP contribution in [-0.2, 0) is 28.2 Å². The van der Waals surface area contributed by atoms with Crippen LogP contribution in [0.4, 0.5) is 14.5 Å². The maximum Gasteiger partial charge on any atom is 0.280 e. The average molecular weight is 549 g/mol. The van der Waals surface area contributed by atoms with Crippen molar-refractivity contribution in [3.8, 4) is 5.88 Å². The molecule has 0 radical (unpaired) electrons. The van der Waals surface area contributed by atoms with E-state index in [1.807, 2.05) is 17.0 Å². The molecule has 1 aliphatic carbocycles. The quantitative estimate of drug-likeness (QED) is 0.438.